The first-order valence-electron chi connectivity index (χ1n) is 30.7. The van der Waals surface area contributed by atoms with Crippen LogP contribution < -0.4 is 0 Å². The predicted molar refractivity (Wildman–Crippen MR) is 291 cm³/mol. The molecule has 2 aromatic heterocycles. The van der Waals surface area contributed by atoms with Crippen molar-refractivity contribution in [1.29, 1.82) is 0 Å². The minimum atomic E-state index is -3.83. The van der Waals surface area contributed by atoms with Gasteiger partial charge in [-0.25, -0.2) is 4.98 Å². The molecule has 0 saturated heterocycles. The van der Waals surface area contributed by atoms with Crippen molar-refractivity contribution in [3.05, 3.63) is 167 Å². The molecular formula is C64H73N3O. The molecule has 0 fully saturated rings. The van der Waals surface area contributed by atoms with E-state index in [4.69, 9.17) is 25.0 Å². The lowest BCUT2D eigenvalue weighted by molar-refractivity contribution is 0.466. The van der Waals surface area contributed by atoms with Gasteiger partial charge in [-0.1, -0.05) is 189 Å². The van der Waals surface area contributed by atoms with Crippen LogP contribution in [0.25, 0.3) is 72.7 Å². The van der Waals surface area contributed by atoms with Crippen LogP contribution in [0.15, 0.2) is 133 Å². The van der Waals surface area contributed by atoms with Crippen LogP contribution in [0.1, 0.15) is 176 Å². The molecule has 0 radical (unpaired) electrons. The number of benzene rings is 6. The number of para-hydroxylation sites is 1. The SMILES string of the molecule is [2H]c1c([2H])c(C(C([2H])([2H])[2H])(C([2H])([2H])[2H])C([2H])([2H])[2H])c([2H])c([2H])c1-c1ccnc(-c2cc(-c3cccc4c3nc(-c3cc(C([2H])(C)C)cc(C([2H])(C)C)c3O)n4-c3ccc(C(C)(C)C)cc3-c3ccc(C(C)(C)C)cc3)cc(C(C)(C)C)c2)c1. The summed E-state index contributed by atoms with van der Waals surface area (Å²) in [7, 11) is 0. The first-order valence-corrected chi connectivity index (χ1v) is 23.2. The van der Waals surface area contributed by atoms with Gasteiger partial charge in [0.15, 0.2) is 0 Å². The van der Waals surface area contributed by atoms with Crippen LogP contribution in [0.5, 0.6) is 5.75 Å². The maximum atomic E-state index is 12.5. The summed E-state index contributed by atoms with van der Waals surface area (Å²) in [5, 5.41) is 12.5. The number of aromatic hydroxyl groups is 1. The number of aromatic nitrogens is 3. The van der Waals surface area contributed by atoms with E-state index in [1.54, 1.807) is 45.9 Å². The van der Waals surface area contributed by atoms with Gasteiger partial charge in [0.2, 0.25) is 0 Å². The highest BCUT2D eigenvalue weighted by molar-refractivity contribution is 5.98. The van der Waals surface area contributed by atoms with Crippen molar-refractivity contribution in [1.82, 2.24) is 14.5 Å². The lowest BCUT2D eigenvalue weighted by Crippen LogP contribution is -2.12. The Kier molecular flexibility index (Phi) is 8.44. The first kappa shape index (κ1) is 32.5. The number of hydrogen-bond donors (Lipinski definition) is 1. The van der Waals surface area contributed by atoms with Crippen molar-refractivity contribution in [2.75, 3.05) is 0 Å². The van der Waals surface area contributed by atoms with E-state index in [9.17, 15) is 10.6 Å². The van der Waals surface area contributed by atoms with Crippen LogP contribution in [0.3, 0.4) is 0 Å². The molecule has 0 atom stereocenters. The Morgan fingerprint density at radius 2 is 1.19 bits per heavy atom. The number of rotatable bonds is 8. The van der Waals surface area contributed by atoms with Crippen LogP contribution >= 0.6 is 0 Å². The molecule has 0 spiro atoms. The average Bonchev–Trinajstić information content (AvgIpc) is 1.08. The maximum absolute atomic E-state index is 12.5. The van der Waals surface area contributed by atoms with Crippen molar-refractivity contribution in [3.63, 3.8) is 0 Å². The summed E-state index contributed by atoms with van der Waals surface area (Å²) in [6, 6.07) is 29.4. The molecule has 6 aromatic carbocycles. The monoisotopic (exact) mass is 915 g/mol. The highest BCUT2D eigenvalue weighted by Crippen LogP contribution is 2.45. The van der Waals surface area contributed by atoms with E-state index in [1.165, 1.54) is 17.8 Å². The Morgan fingerprint density at radius 3 is 1.81 bits per heavy atom. The third kappa shape index (κ3) is 9.57. The zero-order valence-corrected chi connectivity index (χ0v) is 41.7. The summed E-state index contributed by atoms with van der Waals surface area (Å²) < 4.78 is 132. The quantitative estimate of drug-likeness (QED) is 0.165. The highest BCUT2D eigenvalue weighted by atomic mass is 16.3. The summed E-state index contributed by atoms with van der Waals surface area (Å²) in [4.78, 5) is 10.3. The van der Waals surface area contributed by atoms with Crippen molar-refractivity contribution in [2.45, 2.75) is 144 Å². The molecule has 1 N–H and O–H groups in total. The minimum Gasteiger partial charge on any atom is -0.507 e. The Morgan fingerprint density at radius 1 is 0.544 bits per heavy atom. The fourth-order valence-electron chi connectivity index (χ4n) is 8.56. The van der Waals surface area contributed by atoms with Gasteiger partial charge in [0.05, 0.1) is 33.5 Å². The number of hydrogen-bond acceptors (Lipinski definition) is 3. The maximum Gasteiger partial charge on any atom is 0.149 e. The lowest BCUT2D eigenvalue weighted by atomic mass is 9.83. The Balaban J connectivity index is 1.43. The summed E-state index contributed by atoms with van der Waals surface area (Å²) in [6.07, 6.45) is 1.42. The highest BCUT2D eigenvalue weighted by Gasteiger charge is 2.27. The zero-order chi connectivity index (χ0) is 62.1. The third-order valence-electron chi connectivity index (χ3n) is 12.8. The molecule has 0 aliphatic heterocycles. The minimum absolute atomic E-state index is 0.103. The average molecular weight is 915 g/mol. The van der Waals surface area contributed by atoms with Gasteiger partial charge in [-0.05, 0) is 138 Å². The first-order chi connectivity index (χ1) is 37.8. The van der Waals surface area contributed by atoms with Gasteiger partial charge < -0.3 is 5.11 Å². The largest absolute Gasteiger partial charge is 0.507 e. The Bertz CT molecular complexity index is 3770. The molecule has 8 aromatic rings. The smallest absolute Gasteiger partial charge is 0.149 e. The van der Waals surface area contributed by atoms with E-state index < -0.39 is 72.9 Å². The number of pyridine rings is 1. The van der Waals surface area contributed by atoms with E-state index in [-0.39, 0.29) is 27.7 Å². The topological polar surface area (TPSA) is 50.9 Å². The number of phenols is 1. The molecule has 0 amide bonds. The fourth-order valence-corrected chi connectivity index (χ4v) is 8.56. The lowest BCUT2D eigenvalue weighted by Gasteiger charge is -2.24. The van der Waals surface area contributed by atoms with Gasteiger partial charge in [-0.3, -0.25) is 9.55 Å². The molecule has 4 nitrogen and oxygen atoms in total. The Hall–Kier alpha value is -6.26. The van der Waals surface area contributed by atoms with Crippen LogP contribution in [-0.4, -0.2) is 19.6 Å². The van der Waals surface area contributed by atoms with Crippen molar-refractivity contribution in [2.24, 2.45) is 0 Å². The summed E-state index contributed by atoms with van der Waals surface area (Å²) in [5.41, 5.74) is 4.55. The summed E-state index contributed by atoms with van der Waals surface area (Å²) in [5.74, 6) is -2.18. The molecule has 4 heteroatoms. The third-order valence-corrected chi connectivity index (χ3v) is 12.8. The standard InChI is InChI=1S/C64H73N3O/c1-39(2)44-35-52(40(3)4)59(68)54(36-44)60-66-58-51(18-17-19-57(58)67(60)56-29-28-49(63(11,12)13)38-53(56)42-22-26-48(27-23-42)62(8,9)10)45-32-46(34-50(33-45)64(14,15)16)55-37-43(30-31-65-55)41-20-24-47(25-21-41)61(5,6)7/h17-40,68H,1-16H3/i5D3,6D3,7D3,20D,21D,24D,25D,39D,40D. The van der Waals surface area contributed by atoms with Gasteiger partial charge in [0, 0.05) is 38.0 Å². The van der Waals surface area contributed by atoms with E-state index in [0.29, 0.717) is 55.9 Å². The van der Waals surface area contributed by atoms with Gasteiger partial charge in [0.25, 0.3) is 0 Å². The van der Waals surface area contributed by atoms with E-state index in [2.05, 4.69) is 115 Å². The van der Waals surface area contributed by atoms with Crippen molar-refractivity contribution < 1.29 is 25.7 Å². The molecule has 0 bridgehead atoms. The van der Waals surface area contributed by atoms with E-state index in [1.807, 2.05) is 30.3 Å². The van der Waals surface area contributed by atoms with Crippen molar-refractivity contribution in [3.8, 4) is 67.5 Å². The van der Waals surface area contributed by atoms with Gasteiger partial charge in [-0.2, -0.15) is 0 Å². The molecule has 0 saturated carbocycles. The number of imidazole rings is 1. The molecule has 2 heterocycles. The van der Waals surface area contributed by atoms with Crippen LogP contribution in [0, 0.1) is 0 Å². The Labute approximate surface area is 428 Å². The second-order valence-electron chi connectivity index (χ2n) is 21.7. The fraction of sp³-hybridized carbons (Fsp3) is 0.344. The van der Waals surface area contributed by atoms with Crippen LogP contribution in [0.2, 0.25) is 0 Å². The van der Waals surface area contributed by atoms with Gasteiger partial charge in [0.1, 0.15) is 11.6 Å². The second-order valence-corrected chi connectivity index (χ2v) is 21.7. The molecule has 68 heavy (non-hydrogen) atoms. The number of phenolic OH excluding ortho intramolecular Hbond substituents is 1. The molecular weight excluding hydrogens is 827 g/mol. The predicted octanol–water partition coefficient (Wildman–Crippen LogP) is 17.9. The molecule has 0 unspecified atom stereocenters. The van der Waals surface area contributed by atoms with Gasteiger partial charge >= 0.3 is 0 Å². The zero-order valence-electron chi connectivity index (χ0n) is 56.7. The van der Waals surface area contributed by atoms with Crippen LogP contribution in [0.4, 0.5) is 0 Å². The molecule has 0 aliphatic rings. The molecule has 8 rings (SSSR count). The normalized spacial score (nSPS) is 16.8. The summed E-state index contributed by atoms with van der Waals surface area (Å²) >= 11 is 0. The number of nitrogens with zero attached hydrogens (tertiary/aromatic N) is 3. The van der Waals surface area contributed by atoms with Crippen LogP contribution in [-0.2, 0) is 21.7 Å². The second kappa shape index (κ2) is 17.7. The molecule has 350 valence electrons. The van der Waals surface area contributed by atoms with Crippen molar-refractivity contribution >= 4 is 11.0 Å². The molecule has 0 aliphatic carbocycles. The van der Waals surface area contributed by atoms with E-state index in [0.717, 1.165) is 27.9 Å². The number of fused-ring (bicyclic) bond motifs is 1. The van der Waals surface area contributed by atoms with Gasteiger partial charge in [-0.15, -0.1) is 0 Å². The van der Waals surface area contributed by atoms with E-state index >= 15 is 0 Å². The summed E-state index contributed by atoms with van der Waals surface area (Å²) in [6.45, 7) is 14.7.